The Balaban J connectivity index is 1.63. The number of fused-ring (bicyclic) bond motifs is 3. The van der Waals surface area contributed by atoms with E-state index in [1.165, 1.54) is 20.3 Å². The highest BCUT2D eigenvalue weighted by Gasteiger charge is 2.29. The molecule has 174 valence electrons. The van der Waals surface area contributed by atoms with E-state index >= 15 is 0 Å². The van der Waals surface area contributed by atoms with Crippen molar-refractivity contribution >= 4 is 28.9 Å². The van der Waals surface area contributed by atoms with Crippen LogP contribution in [0.2, 0.25) is 0 Å². The van der Waals surface area contributed by atoms with Crippen molar-refractivity contribution in [2.45, 2.75) is 33.9 Å². The van der Waals surface area contributed by atoms with Gasteiger partial charge < -0.3 is 9.47 Å². The topological polar surface area (TPSA) is 65.1 Å². The van der Waals surface area contributed by atoms with Gasteiger partial charge in [-0.05, 0) is 48.6 Å². The molecule has 7 nitrogen and oxygen atoms in total. The first kappa shape index (κ1) is 21.9. The molecular formula is C27H29N5O2. The number of aromatic nitrogens is 4. The molecule has 7 heteroatoms. The van der Waals surface area contributed by atoms with Gasteiger partial charge in [-0.3, -0.25) is 13.9 Å². The van der Waals surface area contributed by atoms with Crippen molar-refractivity contribution in [3.8, 4) is 0 Å². The second-order valence-corrected chi connectivity index (χ2v) is 9.25. The number of aryl methyl sites for hydroxylation is 3. The quantitative estimate of drug-likeness (QED) is 0.466. The van der Waals surface area contributed by atoms with Crippen LogP contribution in [0.15, 0.2) is 64.2 Å². The minimum absolute atomic E-state index is 0.202. The second kappa shape index (κ2) is 8.48. The summed E-state index contributed by atoms with van der Waals surface area (Å²) in [6.45, 7) is 8.05. The highest BCUT2D eigenvalue weighted by Crippen LogP contribution is 2.33. The number of benzene rings is 2. The van der Waals surface area contributed by atoms with E-state index < -0.39 is 0 Å². The summed E-state index contributed by atoms with van der Waals surface area (Å²) in [5.74, 6) is 1.02. The predicted octanol–water partition coefficient (Wildman–Crippen LogP) is 4.01. The van der Waals surface area contributed by atoms with Crippen molar-refractivity contribution < 1.29 is 0 Å². The van der Waals surface area contributed by atoms with Gasteiger partial charge in [-0.1, -0.05) is 55.5 Å². The van der Waals surface area contributed by atoms with Gasteiger partial charge >= 0.3 is 5.69 Å². The number of rotatable bonds is 4. The molecule has 1 atom stereocenters. The molecule has 0 saturated heterocycles. The molecule has 5 rings (SSSR count). The highest BCUT2D eigenvalue weighted by molar-refractivity contribution is 5.77. The van der Waals surface area contributed by atoms with Crippen molar-refractivity contribution in [1.29, 1.82) is 0 Å². The third-order valence-corrected chi connectivity index (χ3v) is 6.64. The van der Waals surface area contributed by atoms with Crippen molar-refractivity contribution in [2.24, 2.45) is 13.0 Å². The van der Waals surface area contributed by atoms with Crippen LogP contribution in [-0.2, 0) is 20.1 Å². The van der Waals surface area contributed by atoms with Crippen molar-refractivity contribution in [3.63, 3.8) is 0 Å². The van der Waals surface area contributed by atoms with Crippen molar-refractivity contribution in [2.75, 3.05) is 11.4 Å². The Kier molecular flexibility index (Phi) is 5.48. The van der Waals surface area contributed by atoms with E-state index in [4.69, 9.17) is 4.98 Å². The fraction of sp³-hybridized carbons (Fsp3) is 0.296. The summed E-state index contributed by atoms with van der Waals surface area (Å²) >= 11 is 0. The van der Waals surface area contributed by atoms with Gasteiger partial charge in [-0.2, -0.15) is 4.98 Å². The molecule has 0 bridgehead atoms. The fourth-order valence-corrected chi connectivity index (χ4v) is 4.64. The molecule has 1 aliphatic heterocycles. The Morgan fingerprint density at radius 3 is 2.53 bits per heavy atom. The predicted molar refractivity (Wildman–Crippen MR) is 137 cm³/mol. The zero-order valence-electron chi connectivity index (χ0n) is 20.0. The molecule has 2 aromatic carbocycles. The number of allylic oxidation sites excluding steroid dienone is 1. The molecule has 0 amide bonds. The van der Waals surface area contributed by atoms with E-state index in [9.17, 15) is 9.59 Å². The van der Waals surface area contributed by atoms with E-state index in [0.29, 0.717) is 29.6 Å². The van der Waals surface area contributed by atoms with Crippen LogP contribution in [0.1, 0.15) is 23.6 Å². The Hall–Kier alpha value is -3.87. The van der Waals surface area contributed by atoms with Crippen LogP contribution in [0.5, 0.6) is 0 Å². The lowest BCUT2D eigenvalue weighted by Crippen LogP contribution is -2.40. The maximum Gasteiger partial charge on any atom is 0.332 e. The summed E-state index contributed by atoms with van der Waals surface area (Å²) < 4.78 is 4.76. The van der Waals surface area contributed by atoms with Crippen LogP contribution in [0, 0.1) is 19.8 Å². The molecule has 0 radical (unpaired) electrons. The summed E-state index contributed by atoms with van der Waals surface area (Å²) in [5, 5.41) is 0. The molecule has 4 aromatic rings. The van der Waals surface area contributed by atoms with Gasteiger partial charge in [0.2, 0.25) is 5.95 Å². The Labute approximate surface area is 198 Å². The molecular weight excluding hydrogens is 426 g/mol. The van der Waals surface area contributed by atoms with Gasteiger partial charge in [-0.25, -0.2) is 4.79 Å². The first-order valence-corrected chi connectivity index (χ1v) is 11.6. The van der Waals surface area contributed by atoms with Crippen molar-refractivity contribution in [3.05, 3.63) is 92.1 Å². The summed E-state index contributed by atoms with van der Waals surface area (Å²) in [5.41, 5.74) is 4.74. The van der Waals surface area contributed by atoms with Gasteiger partial charge in [0.1, 0.15) is 0 Å². The Morgan fingerprint density at radius 2 is 1.79 bits per heavy atom. The number of imidazole rings is 1. The highest BCUT2D eigenvalue weighted by atomic mass is 16.2. The molecule has 0 spiro atoms. The summed E-state index contributed by atoms with van der Waals surface area (Å²) in [6.07, 6.45) is 3.77. The second-order valence-electron chi connectivity index (χ2n) is 9.25. The number of anilines is 2. The summed E-state index contributed by atoms with van der Waals surface area (Å²) in [4.78, 5) is 33.6. The summed E-state index contributed by atoms with van der Waals surface area (Å²) in [7, 11) is 1.68. The Bertz CT molecular complexity index is 1520. The molecule has 34 heavy (non-hydrogen) atoms. The third kappa shape index (κ3) is 3.67. The maximum absolute atomic E-state index is 13.6. The van der Waals surface area contributed by atoms with E-state index in [0.717, 1.165) is 17.8 Å². The lowest BCUT2D eigenvalue weighted by atomic mass is 10.1. The molecule has 1 aliphatic rings. The molecule has 0 N–H and O–H groups in total. The van der Waals surface area contributed by atoms with Gasteiger partial charge in [0, 0.05) is 32.4 Å². The minimum atomic E-state index is -0.364. The Morgan fingerprint density at radius 1 is 1.03 bits per heavy atom. The lowest BCUT2D eigenvalue weighted by molar-refractivity contribution is 0.458. The van der Waals surface area contributed by atoms with E-state index in [1.54, 1.807) is 7.05 Å². The summed E-state index contributed by atoms with van der Waals surface area (Å²) in [6, 6.07) is 16.2. The van der Waals surface area contributed by atoms with Gasteiger partial charge in [0.15, 0.2) is 11.2 Å². The molecule has 2 aromatic heterocycles. The van der Waals surface area contributed by atoms with Gasteiger partial charge in [-0.15, -0.1) is 0 Å². The van der Waals surface area contributed by atoms with Crippen molar-refractivity contribution in [1.82, 2.24) is 18.7 Å². The van der Waals surface area contributed by atoms with Gasteiger partial charge in [0.05, 0.1) is 0 Å². The van der Waals surface area contributed by atoms with Crippen LogP contribution in [0.3, 0.4) is 0 Å². The zero-order chi connectivity index (χ0) is 24.0. The monoisotopic (exact) mass is 455 g/mol. The minimum Gasteiger partial charge on any atom is -0.312 e. The first-order valence-electron chi connectivity index (χ1n) is 11.6. The smallest absolute Gasteiger partial charge is 0.312 e. The van der Waals surface area contributed by atoms with Crippen LogP contribution in [0.4, 0.5) is 11.6 Å². The molecule has 0 aliphatic carbocycles. The normalized spacial score (nSPS) is 15.9. The van der Waals surface area contributed by atoms with E-state index in [2.05, 4.69) is 43.9 Å². The van der Waals surface area contributed by atoms with Crippen LogP contribution in [0.25, 0.3) is 17.2 Å². The lowest BCUT2D eigenvalue weighted by Gasteiger charge is -2.33. The zero-order valence-corrected chi connectivity index (χ0v) is 20.0. The van der Waals surface area contributed by atoms with Crippen LogP contribution < -0.4 is 16.1 Å². The van der Waals surface area contributed by atoms with Crippen LogP contribution in [-0.4, -0.2) is 25.2 Å². The maximum atomic E-state index is 13.6. The molecule has 0 fully saturated rings. The number of hydrogen-bond acceptors (Lipinski definition) is 4. The number of nitrogens with zero attached hydrogens (tertiary/aromatic N) is 5. The van der Waals surface area contributed by atoms with E-state index in [-0.39, 0.29) is 17.8 Å². The van der Waals surface area contributed by atoms with Crippen LogP contribution >= 0.6 is 0 Å². The van der Waals surface area contributed by atoms with Gasteiger partial charge in [0.25, 0.3) is 5.56 Å². The molecule has 1 unspecified atom stereocenters. The fourth-order valence-electron chi connectivity index (χ4n) is 4.64. The van der Waals surface area contributed by atoms with E-state index in [1.807, 2.05) is 47.1 Å². The SMILES string of the molecule is Cc1ccc(N2CC(C)Cn3c2nc2c3c(=O)n(CC=Cc3ccccc3)c(=O)n2C)cc1C. The number of hydrogen-bond donors (Lipinski definition) is 0. The average molecular weight is 456 g/mol. The average Bonchev–Trinajstić information content (AvgIpc) is 3.21. The standard InChI is InChI=1S/C27H29N5O2/c1-18-16-31(22-13-12-19(2)20(3)15-22)26-28-24-23(32(26)17-18)25(33)30(27(34)29(24)4)14-8-11-21-9-6-5-7-10-21/h5-13,15,18H,14,16-17H2,1-4H3. The largest absolute Gasteiger partial charge is 0.332 e. The molecule has 3 heterocycles. The first-order chi connectivity index (χ1) is 16.3. The third-order valence-electron chi connectivity index (χ3n) is 6.64. The molecule has 0 saturated carbocycles.